The molecule has 1 fully saturated rings. The van der Waals surface area contributed by atoms with Crippen LogP contribution in [0.25, 0.3) is 0 Å². The molecule has 1 aliphatic heterocycles. The van der Waals surface area contributed by atoms with Crippen molar-refractivity contribution in [3.8, 4) is 0 Å². The van der Waals surface area contributed by atoms with Gasteiger partial charge in [0, 0.05) is 11.6 Å². The monoisotopic (exact) mass is 269 g/mol. The molecule has 0 amide bonds. The van der Waals surface area contributed by atoms with E-state index in [2.05, 4.69) is 0 Å². The molecule has 1 saturated heterocycles. The number of nitrogens with zero attached hydrogens (tertiary/aromatic N) is 1. The van der Waals surface area contributed by atoms with E-state index in [1.807, 2.05) is 4.90 Å². The lowest BCUT2D eigenvalue weighted by atomic mass is 10.1. The van der Waals surface area contributed by atoms with Crippen molar-refractivity contribution in [3.63, 3.8) is 0 Å². The van der Waals surface area contributed by atoms with Crippen LogP contribution < -0.4 is 0 Å². The Balaban J connectivity index is 2.03. The minimum Gasteiger partial charge on any atom is -0.393 e. The summed E-state index contributed by atoms with van der Waals surface area (Å²) in [5, 5.41) is 9.43. The first-order chi connectivity index (χ1) is 8.99. The summed E-state index contributed by atoms with van der Waals surface area (Å²) >= 11 is 0. The van der Waals surface area contributed by atoms with Gasteiger partial charge in [-0.1, -0.05) is 30.3 Å². The highest BCUT2D eigenvalue weighted by Gasteiger charge is 2.37. The summed E-state index contributed by atoms with van der Waals surface area (Å²) in [6.45, 7) is 2.15. The molecule has 0 aromatic heterocycles. The van der Waals surface area contributed by atoms with Crippen molar-refractivity contribution in [2.24, 2.45) is 0 Å². The number of alkyl halides is 2. The smallest absolute Gasteiger partial charge is 0.285 e. The highest BCUT2D eigenvalue weighted by Crippen LogP contribution is 2.32. The average Bonchev–Trinajstić information content (AvgIpc) is 2.76. The summed E-state index contributed by atoms with van der Waals surface area (Å²) in [5.74, 6) is -2.83. The second-order valence-electron chi connectivity index (χ2n) is 5.42. The first kappa shape index (κ1) is 14.4. The highest BCUT2D eigenvalue weighted by molar-refractivity contribution is 5.20. The molecule has 106 valence electrons. The van der Waals surface area contributed by atoms with Crippen molar-refractivity contribution in [3.05, 3.63) is 35.9 Å². The van der Waals surface area contributed by atoms with E-state index in [0.29, 0.717) is 13.0 Å². The SMILES string of the molecule is CC(O)CC1CCCN1CC(F)(F)c1ccccc1. The van der Waals surface area contributed by atoms with E-state index in [4.69, 9.17) is 0 Å². The average molecular weight is 269 g/mol. The minimum absolute atomic E-state index is 0.0673. The summed E-state index contributed by atoms with van der Waals surface area (Å²) in [6, 6.07) is 8.04. The van der Waals surface area contributed by atoms with Crippen molar-refractivity contribution in [1.82, 2.24) is 4.90 Å². The lowest BCUT2D eigenvalue weighted by Crippen LogP contribution is -2.39. The van der Waals surface area contributed by atoms with E-state index in [0.717, 1.165) is 12.8 Å². The third kappa shape index (κ3) is 3.74. The molecule has 0 spiro atoms. The molecule has 4 heteroatoms. The van der Waals surface area contributed by atoms with Crippen LogP contribution >= 0.6 is 0 Å². The Morgan fingerprint density at radius 1 is 1.37 bits per heavy atom. The van der Waals surface area contributed by atoms with E-state index in [1.165, 1.54) is 12.1 Å². The van der Waals surface area contributed by atoms with Gasteiger partial charge in [-0.3, -0.25) is 4.90 Å². The van der Waals surface area contributed by atoms with Gasteiger partial charge in [0.1, 0.15) is 0 Å². The number of aliphatic hydroxyl groups is 1. The second-order valence-corrected chi connectivity index (χ2v) is 5.42. The Morgan fingerprint density at radius 3 is 2.68 bits per heavy atom. The Bertz CT molecular complexity index is 394. The summed E-state index contributed by atoms with van der Waals surface area (Å²) in [7, 11) is 0. The zero-order valence-corrected chi connectivity index (χ0v) is 11.2. The van der Waals surface area contributed by atoms with Crippen LogP contribution in [-0.4, -0.2) is 35.2 Å². The van der Waals surface area contributed by atoms with Crippen LogP contribution in [-0.2, 0) is 5.92 Å². The maximum absolute atomic E-state index is 14.2. The van der Waals surface area contributed by atoms with Gasteiger partial charge in [-0.05, 0) is 32.7 Å². The Labute approximate surface area is 113 Å². The molecule has 19 heavy (non-hydrogen) atoms. The molecule has 2 nitrogen and oxygen atoms in total. The highest BCUT2D eigenvalue weighted by atomic mass is 19.3. The van der Waals surface area contributed by atoms with Crippen molar-refractivity contribution < 1.29 is 13.9 Å². The Kier molecular flexibility index (Phi) is 4.53. The summed E-state index contributed by atoms with van der Waals surface area (Å²) in [5.41, 5.74) is 0.0673. The fraction of sp³-hybridized carbons (Fsp3) is 0.600. The summed E-state index contributed by atoms with van der Waals surface area (Å²) < 4.78 is 28.4. The van der Waals surface area contributed by atoms with Gasteiger partial charge in [0.25, 0.3) is 5.92 Å². The summed E-state index contributed by atoms with van der Waals surface area (Å²) in [6.07, 6.45) is 1.97. The van der Waals surface area contributed by atoms with Gasteiger partial charge >= 0.3 is 0 Å². The van der Waals surface area contributed by atoms with Crippen molar-refractivity contribution in [2.75, 3.05) is 13.1 Å². The topological polar surface area (TPSA) is 23.5 Å². The maximum Gasteiger partial charge on any atom is 0.285 e. The molecule has 2 atom stereocenters. The summed E-state index contributed by atoms with van der Waals surface area (Å²) in [4.78, 5) is 1.82. The van der Waals surface area contributed by atoms with Gasteiger partial charge < -0.3 is 5.11 Å². The first-order valence-electron chi connectivity index (χ1n) is 6.84. The zero-order chi connectivity index (χ0) is 13.9. The second kappa shape index (κ2) is 5.97. The van der Waals surface area contributed by atoms with Gasteiger partial charge in [-0.2, -0.15) is 8.78 Å². The molecule has 1 heterocycles. The van der Waals surface area contributed by atoms with Gasteiger partial charge in [0.15, 0.2) is 0 Å². The molecule has 0 bridgehead atoms. The number of likely N-dealkylation sites (tertiary alicyclic amines) is 1. The van der Waals surface area contributed by atoms with Crippen molar-refractivity contribution in [2.45, 2.75) is 44.3 Å². The lowest BCUT2D eigenvalue weighted by molar-refractivity contribution is -0.0441. The fourth-order valence-electron chi connectivity index (χ4n) is 2.79. The van der Waals surface area contributed by atoms with Crippen LogP contribution in [0.4, 0.5) is 8.78 Å². The molecule has 1 N–H and O–H groups in total. The predicted octanol–water partition coefficient (Wildman–Crippen LogP) is 3.01. The number of rotatable bonds is 5. The molecule has 2 unspecified atom stereocenters. The largest absolute Gasteiger partial charge is 0.393 e. The lowest BCUT2D eigenvalue weighted by Gasteiger charge is -2.29. The Hall–Kier alpha value is -1.00. The molecular weight excluding hydrogens is 248 g/mol. The van der Waals surface area contributed by atoms with E-state index >= 15 is 0 Å². The van der Waals surface area contributed by atoms with Crippen molar-refractivity contribution >= 4 is 0 Å². The van der Waals surface area contributed by atoms with E-state index in [1.54, 1.807) is 25.1 Å². The van der Waals surface area contributed by atoms with E-state index in [-0.39, 0.29) is 18.2 Å². The van der Waals surface area contributed by atoms with Crippen LogP contribution in [0.3, 0.4) is 0 Å². The third-order valence-electron chi connectivity index (χ3n) is 3.71. The molecule has 0 saturated carbocycles. The maximum atomic E-state index is 14.2. The molecule has 1 aliphatic rings. The third-order valence-corrected chi connectivity index (χ3v) is 3.71. The number of hydrogen-bond donors (Lipinski definition) is 1. The molecular formula is C15H21F2NO. The Morgan fingerprint density at radius 2 is 2.05 bits per heavy atom. The standard InChI is InChI=1S/C15H21F2NO/c1-12(19)10-14-8-5-9-18(14)11-15(16,17)13-6-3-2-4-7-13/h2-4,6-7,12,14,19H,5,8-11H2,1H3. The molecule has 0 radical (unpaired) electrons. The molecule has 1 aromatic carbocycles. The zero-order valence-electron chi connectivity index (χ0n) is 11.2. The fourth-order valence-corrected chi connectivity index (χ4v) is 2.79. The van der Waals surface area contributed by atoms with E-state index < -0.39 is 12.0 Å². The van der Waals surface area contributed by atoms with Crippen LogP contribution in [0.15, 0.2) is 30.3 Å². The molecule has 2 rings (SSSR count). The first-order valence-corrected chi connectivity index (χ1v) is 6.84. The number of benzene rings is 1. The quantitative estimate of drug-likeness (QED) is 0.888. The number of hydrogen-bond acceptors (Lipinski definition) is 2. The van der Waals surface area contributed by atoms with Gasteiger partial charge in [-0.25, -0.2) is 0 Å². The van der Waals surface area contributed by atoms with Crippen LogP contribution in [0.1, 0.15) is 31.7 Å². The molecule has 1 aromatic rings. The van der Waals surface area contributed by atoms with Crippen LogP contribution in [0, 0.1) is 0 Å². The number of aliphatic hydroxyl groups excluding tert-OH is 1. The van der Waals surface area contributed by atoms with Crippen LogP contribution in [0.2, 0.25) is 0 Å². The van der Waals surface area contributed by atoms with Crippen LogP contribution in [0.5, 0.6) is 0 Å². The molecule has 0 aliphatic carbocycles. The minimum atomic E-state index is -2.83. The van der Waals surface area contributed by atoms with Gasteiger partial charge in [0.05, 0.1) is 12.6 Å². The predicted molar refractivity (Wildman–Crippen MR) is 71.2 cm³/mol. The normalized spacial score (nSPS) is 22.6. The van der Waals surface area contributed by atoms with E-state index in [9.17, 15) is 13.9 Å². The van der Waals surface area contributed by atoms with Gasteiger partial charge in [0.2, 0.25) is 0 Å². The van der Waals surface area contributed by atoms with Gasteiger partial charge in [-0.15, -0.1) is 0 Å². The van der Waals surface area contributed by atoms with Crippen molar-refractivity contribution in [1.29, 1.82) is 0 Å². The number of halogens is 2.